The van der Waals surface area contributed by atoms with Crippen molar-refractivity contribution in [2.24, 2.45) is 0 Å². The summed E-state index contributed by atoms with van der Waals surface area (Å²) in [6.07, 6.45) is 2.22. The Morgan fingerprint density at radius 2 is 1.86 bits per heavy atom. The minimum atomic E-state index is -3.44. The van der Waals surface area contributed by atoms with Gasteiger partial charge in [0.2, 0.25) is 10.0 Å². The first-order valence-electron chi connectivity index (χ1n) is 9.23. The minimum Gasteiger partial charge on any atom is -0.450 e. The summed E-state index contributed by atoms with van der Waals surface area (Å²) >= 11 is 1.38. The zero-order valence-electron chi connectivity index (χ0n) is 16.0. The Balaban J connectivity index is 0.000000552. The van der Waals surface area contributed by atoms with Crippen molar-refractivity contribution in [3.8, 4) is 0 Å². The van der Waals surface area contributed by atoms with E-state index in [1.165, 1.54) is 22.5 Å². The van der Waals surface area contributed by atoms with E-state index >= 15 is 0 Å². The number of nitrogens with one attached hydrogen (secondary N) is 1. The molecule has 0 saturated heterocycles. The van der Waals surface area contributed by atoms with E-state index in [1.54, 1.807) is 6.07 Å². The normalized spacial score (nSPS) is 21.6. The smallest absolute Gasteiger partial charge is 0.450 e. The molecule has 9 heteroatoms. The van der Waals surface area contributed by atoms with Gasteiger partial charge in [-0.1, -0.05) is 36.4 Å². The number of benzene rings is 1. The average molecular weight is 437 g/mol. The molecule has 1 aliphatic carbocycles. The number of hydrogen-bond acceptors (Lipinski definition) is 5. The van der Waals surface area contributed by atoms with Crippen LogP contribution in [0.2, 0.25) is 0 Å². The molecule has 2 aliphatic rings. The molecule has 2 aromatic rings. The predicted octanol–water partition coefficient (Wildman–Crippen LogP) is 3.52. The summed E-state index contributed by atoms with van der Waals surface area (Å²) in [5.74, 6) is 0.298. The summed E-state index contributed by atoms with van der Waals surface area (Å²) in [5, 5.41) is 13.9. The third-order valence-corrected chi connectivity index (χ3v) is 8.04. The molecule has 1 fully saturated rings. The van der Waals surface area contributed by atoms with Gasteiger partial charge in [0.05, 0.1) is 0 Å². The van der Waals surface area contributed by atoms with E-state index in [0.29, 0.717) is 10.1 Å². The van der Waals surface area contributed by atoms with Crippen LogP contribution < -0.4 is 4.72 Å². The molecule has 29 heavy (non-hydrogen) atoms. The van der Waals surface area contributed by atoms with Crippen molar-refractivity contribution in [2.75, 3.05) is 20.1 Å². The highest BCUT2D eigenvalue weighted by Gasteiger charge is 2.41. The van der Waals surface area contributed by atoms with E-state index in [-0.39, 0.29) is 6.04 Å². The quantitative estimate of drug-likeness (QED) is 0.662. The number of nitrogens with zero attached hydrogens (tertiary/aromatic N) is 1. The number of carbonyl (C=O) groups is 1. The van der Waals surface area contributed by atoms with Crippen LogP contribution in [0.4, 0.5) is 4.79 Å². The van der Waals surface area contributed by atoms with Crippen molar-refractivity contribution in [2.45, 2.75) is 29.0 Å². The molecule has 1 saturated carbocycles. The first-order chi connectivity index (χ1) is 13.8. The third kappa shape index (κ3) is 5.89. The maximum absolute atomic E-state index is 12.7. The molecule has 0 unspecified atom stereocenters. The summed E-state index contributed by atoms with van der Waals surface area (Å²) in [4.78, 5) is 11.9. The molecule has 4 rings (SSSR count). The molecule has 3 N–H and O–H groups in total. The molecule has 7 nitrogen and oxygen atoms in total. The molecule has 0 amide bonds. The standard InChI is InChI=1S/C19H22N2O2S2.CH2O3/c1-21-11-9-15(10-12-21)18-7-8-19(24-18)25(22,23)20-17-13-16(17)14-5-3-2-4-6-14;2-1(3)4/h2-9,16-17,20H,10-13H2,1H3;(H2,2,3,4)/t16-,17+;/m1./s1. The van der Waals surface area contributed by atoms with Crippen molar-refractivity contribution < 1.29 is 23.4 Å². The van der Waals surface area contributed by atoms with Gasteiger partial charge in [-0.3, -0.25) is 0 Å². The summed E-state index contributed by atoms with van der Waals surface area (Å²) in [7, 11) is -1.34. The van der Waals surface area contributed by atoms with E-state index in [1.807, 2.05) is 24.3 Å². The number of thiophene rings is 1. The fraction of sp³-hybridized carbons (Fsp3) is 0.350. The van der Waals surface area contributed by atoms with Crippen LogP contribution in [-0.4, -0.2) is 55.9 Å². The fourth-order valence-corrected chi connectivity index (χ4v) is 5.96. The Morgan fingerprint density at radius 1 is 1.17 bits per heavy atom. The highest BCUT2D eigenvalue weighted by Crippen LogP contribution is 2.42. The summed E-state index contributed by atoms with van der Waals surface area (Å²) in [5.41, 5.74) is 2.47. The fourth-order valence-electron chi connectivity index (χ4n) is 3.28. The first kappa shape index (κ1) is 21.5. The zero-order valence-corrected chi connectivity index (χ0v) is 17.6. The summed E-state index contributed by atoms with van der Waals surface area (Å²) in [6, 6.07) is 13.8. The number of carboxylic acid groups (broad SMARTS) is 2. The second kappa shape index (κ2) is 9.08. The molecule has 2 atom stereocenters. The number of rotatable bonds is 5. The van der Waals surface area contributed by atoms with Crippen molar-refractivity contribution in [1.82, 2.24) is 9.62 Å². The molecule has 1 aromatic carbocycles. The SMILES string of the molecule is CN1CC=C(c2ccc(S(=O)(=O)N[C@H]3C[C@@H]3c3ccccc3)s2)CC1.O=C(O)O. The lowest BCUT2D eigenvalue weighted by atomic mass is 10.1. The molecule has 0 spiro atoms. The van der Waals surface area contributed by atoms with Crippen LogP contribution in [0.5, 0.6) is 0 Å². The lowest BCUT2D eigenvalue weighted by Crippen LogP contribution is -2.26. The third-order valence-electron chi connectivity index (χ3n) is 4.90. The van der Waals surface area contributed by atoms with Crippen LogP contribution in [-0.2, 0) is 10.0 Å². The Kier molecular flexibility index (Phi) is 6.74. The molecule has 0 bridgehead atoms. The Morgan fingerprint density at radius 3 is 2.48 bits per heavy atom. The Hall–Kier alpha value is -2.20. The Labute approximate surface area is 174 Å². The van der Waals surface area contributed by atoms with Gasteiger partial charge in [0.25, 0.3) is 0 Å². The molecule has 2 heterocycles. The van der Waals surface area contributed by atoms with E-state index in [4.69, 9.17) is 15.0 Å². The topological polar surface area (TPSA) is 107 Å². The van der Waals surface area contributed by atoms with E-state index in [9.17, 15) is 8.42 Å². The number of hydrogen-bond donors (Lipinski definition) is 3. The molecular formula is C20H24N2O5S2. The predicted molar refractivity (Wildman–Crippen MR) is 113 cm³/mol. The zero-order chi connectivity index (χ0) is 21.0. The van der Waals surface area contributed by atoms with Gasteiger partial charge in [-0.25, -0.2) is 17.9 Å². The maximum atomic E-state index is 12.7. The van der Waals surface area contributed by atoms with Gasteiger partial charge in [-0.2, -0.15) is 0 Å². The van der Waals surface area contributed by atoms with Crippen LogP contribution in [0.1, 0.15) is 29.2 Å². The molecule has 1 aromatic heterocycles. The van der Waals surface area contributed by atoms with Gasteiger partial charge < -0.3 is 15.1 Å². The van der Waals surface area contributed by atoms with E-state index in [0.717, 1.165) is 30.8 Å². The second-order valence-electron chi connectivity index (χ2n) is 7.12. The van der Waals surface area contributed by atoms with E-state index in [2.05, 4.69) is 34.9 Å². The number of sulfonamides is 1. The van der Waals surface area contributed by atoms with E-state index < -0.39 is 16.2 Å². The molecule has 1 aliphatic heterocycles. The highest BCUT2D eigenvalue weighted by atomic mass is 32.2. The molecular weight excluding hydrogens is 412 g/mol. The van der Waals surface area contributed by atoms with Crippen molar-refractivity contribution in [3.63, 3.8) is 0 Å². The van der Waals surface area contributed by atoms with Crippen LogP contribution in [0, 0.1) is 0 Å². The van der Waals surface area contributed by atoms with Crippen LogP contribution in [0.25, 0.3) is 5.57 Å². The monoisotopic (exact) mass is 436 g/mol. The second-order valence-corrected chi connectivity index (χ2v) is 10.1. The van der Waals surface area contributed by atoms with Crippen molar-refractivity contribution >= 4 is 33.1 Å². The van der Waals surface area contributed by atoms with Crippen molar-refractivity contribution in [1.29, 1.82) is 0 Å². The lowest BCUT2D eigenvalue weighted by molar-refractivity contribution is 0.137. The first-order valence-corrected chi connectivity index (χ1v) is 11.5. The highest BCUT2D eigenvalue weighted by molar-refractivity contribution is 7.91. The van der Waals surface area contributed by atoms with Gasteiger partial charge in [-0.05, 0) is 43.2 Å². The van der Waals surface area contributed by atoms with Gasteiger partial charge in [0.1, 0.15) is 4.21 Å². The van der Waals surface area contributed by atoms with Crippen LogP contribution in [0.15, 0.2) is 52.7 Å². The lowest BCUT2D eigenvalue weighted by Gasteiger charge is -2.21. The maximum Gasteiger partial charge on any atom is 0.503 e. The van der Waals surface area contributed by atoms with Gasteiger partial charge in [-0.15, -0.1) is 11.3 Å². The van der Waals surface area contributed by atoms with Gasteiger partial charge in [0.15, 0.2) is 0 Å². The minimum absolute atomic E-state index is 0.0143. The van der Waals surface area contributed by atoms with Gasteiger partial charge in [0, 0.05) is 29.9 Å². The molecule has 0 radical (unpaired) electrons. The Bertz CT molecular complexity index is 981. The van der Waals surface area contributed by atoms with Crippen LogP contribution in [0.3, 0.4) is 0 Å². The van der Waals surface area contributed by atoms with Gasteiger partial charge >= 0.3 is 6.16 Å². The van der Waals surface area contributed by atoms with Crippen LogP contribution >= 0.6 is 11.3 Å². The largest absolute Gasteiger partial charge is 0.503 e. The molecule has 156 valence electrons. The number of likely N-dealkylation sites (N-methyl/N-ethyl adjacent to an activating group) is 1. The average Bonchev–Trinajstić information content (AvgIpc) is 3.23. The summed E-state index contributed by atoms with van der Waals surface area (Å²) < 4.78 is 28.6. The summed E-state index contributed by atoms with van der Waals surface area (Å²) in [6.45, 7) is 1.94. The van der Waals surface area contributed by atoms with Crippen molar-refractivity contribution in [3.05, 3.63) is 59.0 Å².